The number of carbonyl (C=O) groups is 1. The molecule has 0 amide bonds. The minimum Gasteiger partial charge on any atom is -0.493 e. The molecule has 0 spiro atoms. The van der Waals surface area contributed by atoms with Gasteiger partial charge in [-0.25, -0.2) is 4.39 Å². The van der Waals surface area contributed by atoms with Crippen LogP contribution in [0.15, 0.2) is 18.2 Å². The second-order valence-corrected chi connectivity index (χ2v) is 6.31. The zero-order valence-electron chi connectivity index (χ0n) is 16.6. The highest BCUT2D eigenvalue weighted by Crippen LogP contribution is 2.17. The van der Waals surface area contributed by atoms with Crippen molar-refractivity contribution in [2.24, 2.45) is 5.92 Å². The standard InChI is InChI=1S/C12H15FO2.C9H20O/c1-3-4-7-15-10-5-6-11(9(2)14)12(13)8-10;1-4-7-10-8-6-9(3)5-2/h5-6,8H,3-4,7H2,1-2H3;9H,4-8H2,1-3H3. The number of benzene rings is 1. The van der Waals surface area contributed by atoms with Gasteiger partial charge < -0.3 is 9.47 Å². The molecular weight excluding hydrogens is 319 g/mol. The number of hydrogen-bond acceptors (Lipinski definition) is 3. The van der Waals surface area contributed by atoms with Crippen LogP contribution in [0, 0.1) is 11.7 Å². The molecule has 0 aliphatic heterocycles. The van der Waals surface area contributed by atoms with Crippen molar-refractivity contribution in [3.05, 3.63) is 29.6 Å². The van der Waals surface area contributed by atoms with Gasteiger partial charge in [-0.1, -0.05) is 40.5 Å². The fourth-order valence-corrected chi connectivity index (χ4v) is 1.94. The fraction of sp³-hybridized carbons (Fsp3) is 0.667. The Kier molecular flexibility index (Phi) is 14.0. The molecule has 3 nitrogen and oxygen atoms in total. The van der Waals surface area contributed by atoms with Crippen LogP contribution in [0.1, 0.15) is 77.1 Å². The molecule has 0 saturated heterocycles. The molecule has 4 heteroatoms. The maximum absolute atomic E-state index is 13.3. The summed E-state index contributed by atoms with van der Waals surface area (Å²) in [7, 11) is 0. The van der Waals surface area contributed by atoms with Crippen LogP contribution in [0.4, 0.5) is 4.39 Å². The molecule has 25 heavy (non-hydrogen) atoms. The minimum absolute atomic E-state index is 0.109. The van der Waals surface area contributed by atoms with E-state index in [1.54, 1.807) is 6.07 Å². The maximum atomic E-state index is 13.3. The molecule has 1 aromatic carbocycles. The molecule has 1 rings (SSSR count). The lowest BCUT2D eigenvalue weighted by Gasteiger charge is -2.07. The second-order valence-electron chi connectivity index (χ2n) is 6.31. The number of Topliss-reactive ketones (excluding diaryl/α,β-unsaturated/α-hetero) is 1. The Bertz CT molecular complexity index is 474. The van der Waals surface area contributed by atoms with E-state index >= 15 is 0 Å². The first-order valence-electron chi connectivity index (χ1n) is 9.47. The van der Waals surface area contributed by atoms with Gasteiger partial charge in [0, 0.05) is 19.3 Å². The Labute approximate surface area is 152 Å². The van der Waals surface area contributed by atoms with Gasteiger partial charge in [-0.2, -0.15) is 0 Å². The van der Waals surface area contributed by atoms with Crippen LogP contribution >= 0.6 is 0 Å². The third-order valence-electron chi connectivity index (χ3n) is 3.89. The molecule has 0 radical (unpaired) electrons. The van der Waals surface area contributed by atoms with E-state index in [1.165, 1.54) is 31.9 Å². The smallest absolute Gasteiger partial charge is 0.162 e. The van der Waals surface area contributed by atoms with Crippen LogP contribution in [0.2, 0.25) is 0 Å². The van der Waals surface area contributed by atoms with Crippen molar-refractivity contribution >= 4 is 5.78 Å². The van der Waals surface area contributed by atoms with E-state index in [2.05, 4.69) is 27.7 Å². The van der Waals surface area contributed by atoms with Gasteiger partial charge in [0.15, 0.2) is 5.78 Å². The first-order valence-corrected chi connectivity index (χ1v) is 9.47. The number of ether oxygens (including phenoxy) is 2. The van der Waals surface area contributed by atoms with E-state index in [0.717, 1.165) is 38.4 Å². The highest BCUT2D eigenvalue weighted by molar-refractivity contribution is 5.94. The number of ketones is 1. The van der Waals surface area contributed by atoms with E-state index in [0.29, 0.717) is 12.4 Å². The van der Waals surface area contributed by atoms with Crippen molar-refractivity contribution < 1.29 is 18.7 Å². The Morgan fingerprint density at radius 2 is 1.84 bits per heavy atom. The van der Waals surface area contributed by atoms with Crippen molar-refractivity contribution in [1.82, 2.24) is 0 Å². The van der Waals surface area contributed by atoms with Gasteiger partial charge in [0.05, 0.1) is 12.2 Å². The van der Waals surface area contributed by atoms with E-state index in [4.69, 9.17) is 9.47 Å². The lowest BCUT2D eigenvalue weighted by molar-refractivity contribution is 0.101. The summed E-state index contributed by atoms with van der Waals surface area (Å²) in [4.78, 5) is 11.0. The van der Waals surface area contributed by atoms with E-state index in [-0.39, 0.29) is 11.3 Å². The molecule has 144 valence electrons. The summed E-state index contributed by atoms with van der Waals surface area (Å²) in [6.07, 6.45) is 5.61. The van der Waals surface area contributed by atoms with Crippen molar-refractivity contribution in [1.29, 1.82) is 0 Å². The summed E-state index contributed by atoms with van der Waals surface area (Å²) in [5.74, 6) is 0.520. The van der Waals surface area contributed by atoms with Crippen molar-refractivity contribution in [2.45, 2.75) is 66.7 Å². The van der Waals surface area contributed by atoms with Crippen LogP contribution in [0.3, 0.4) is 0 Å². The molecule has 0 saturated carbocycles. The highest BCUT2D eigenvalue weighted by atomic mass is 19.1. The van der Waals surface area contributed by atoms with Crippen LogP contribution < -0.4 is 4.74 Å². The number of unbranched alkanes of at least 4 members (excludes halogenated alkanes) is 1. The molecule has 0 aliphatic rings. The normalized spacial score (nSPS) is 11.4. The predicted molar refractivity (Wildman–Crippen MR) is 102 cm³/mol. The molecule has 0 N–H and O–H groups in total. The third kappa shape index (κ3) is 11.7. The van der Waals surface area contributed by atoms with Crippen LogP contribution in [-0.4, -0.2) is 25.6 Å². The molecule has 1 aromatic rings. The zero-order valence-corrected chi connectivity index (χ0v) is 16.6. The largest absolute Gasteiger partial charge is 0.493 e. The number of carbonyl (C=O) groups excluding carboxylic acids is 1. The van der Waals surface area contributed by atoms with Gasteiger partial charge in [0.1, 0.15) is 11.6 Å². The van der Waals surface area contributed by atoms with Crippen molar-refractivity contribution in [3.63, 3.8) is 0 Å². The Hall–Kier alpha value is -1.42. The molecule has 0 aliphatic carbocycles. The van der Waals surface area contributed by atoms with Gasteiger partial charge in [-0.3, -0.25) is 4.79 Å². The second kappa shape index (κ2) is 14.9. The Balaban J connectivity index is 0.000000504. The molecule has 0 heterocycles. The number of halogens is 1. The van der Waals surface area contributed by atoms with Crippen LogP contribution in [0.5, 0.6) is 5.75 Å². The quantitative estimate of drug-likeness (QED) is 0.358. The molecule has 0 bridgehead atoms. The molecule has 0 fully saturated rings. The first kappa shape index (κ1) is 23.6. The number of rotatable bonds is 11. The summed E-state index contributed by atoms with van der Waals surface area (Å²) in [6.45, 7) is 12.5. The van der Waals surface area contributed by atoms with Gasteiger partial charge in [0.25, 0.3) is 0 Å². The van der Waals surface area contributed by atoms with Gasteiger partial charge in [-0.15, -0.1) is 0 Å². The monoisotopic (exact) mass is 354 g/mol. The molecule has 1 atom stereocenters. The summed E-state index contributed by atoms with van der Waals surface area (Å²) < 4.78 is 24.0. The van der Waals surface area contributed by atoms with Gasteiger partial charge in [0.2, 0.25) is 0 Å². The van der Waals surface area contributed by atoms with Gasteiger partial charge in [-0.05, 0) is 44.2 Å². The average molecular weight is 355 g/mol. The van der Waals surface area contributed by atoms with Crippen LogP contribution in [0.25, 0.3) is 0 Å². The lowest BCUT2D eigenvalue weighted by Crippen LogP contribution is -2.01. The highest BCUT2D eigenvalue weighted by Gasteiger charge is 2.07. The predicted octanol–water partition coefficient (Wildman–Crippen LogP) is 6.06. The summed E-state index contributed by atoms with van der Waals surface area (Å²) >= 11 is 0. The maximum Gasteiger partial charge on any atom is 0.162 e. The SMILES string of the molecule is CCCCOc1ccc(C(C)=O)c(F)c1.CCCOCCC(C)CC. The Morgan fingerprint density at radius 1 is 1.12 bits per heavy atom. The summed E-state index contributed by atoms with van der Waals surface area (Å²) in [5, 5.41) is 0. The fourth-order valence-electron chi connectivity index (χ4n) is 1.94. The zero-order chi connectivity index (χ0) is 19.1. The minimum atomic E-state index is -0.517. The molecule has 0 aromatic heterocycles. The topological polar surface area (TPSA) is 35.5 Å². The summed E-state index contributed by atoms with van der Waals surface area (Å²) in [6, 6.07) is 4.33. The average Bonchev–Trinajstić information content (AvgIpc) is 2.59. The van der Waals surface area contributed by atoms with E-state index in [1.807, 2.05) is 0 Å². The lowest BCUT2D eigenvalue weighted by atomic mass is 10.1. The molecule has 1 unspecified atom stereocenters. The van der Waals surface area contributed by atoms with Crippen molar-refractivity contribution in [2.75, 3.05) is 19.8 Å². The van der Waals surface area contributed by atoms with Crippen LogP contribution in [-0.2, 0) is 4.74 Å². The van der Waals surface area contributed by atoms with Gasteiger partial charge >= 0.3 is 0 Å². The molecular formula is C21H35FO3. The first-order chi connectivity index (χ1) is 12.0. The van der Waals surface area contributed by atoms with E-state index < -0.39 is 5.82 Å². The third-order valence-corrected chi connectivity index (χ3v) is 3.89. The van der Waals surface area contributed by atoms with E-state index in [9.17, 15) is 9.18 Å². The Morgan fingerprint density at radius 3 is 2.36 bits per heavy atom. The van der Waals surface area contributed by atoms with Crippen molar-refractivity contribution in [3.8, 4) is 5.75 Å². The summed E-state index contributed by atoms with van der Waals surface area (Å²) in [5.41, 5.74) is 0.109. The number of hydrogen-bond donors (Lipinski definition) is 0.